The van der Waals surface area contributed by atoms with Crippen molar-refractivity contribution >= 4 is 11.7 Å². The second kappa shape index (κ2) is 7.86. The number of benzene rings is 2. The Hall–Kier alpha value is -3.09. The summed E-state index contributed by atoms with van der Waals surface area (Å²) in [6.07, 6.45) is 0. The second-order valence-electron chi connectivity index (χ2n) is 6.63. The van der Waals surface area contributed by atoms with E-state index in [9.17, 15) is 14.9 Å². The molecule has 138 valence electrons. The number of nitro groups is 1. The fourth-order valence-corrected chi connectivity index (χ4v) is 2.20. The minimum Gasteiger partial charge on any atom is -0.496 e. The summed E-state index contributed by atoms with van der Waals surface area (Å²) in [7, 11) is 1.39. The van der Waals surface area contributed by atoms with E-state index in [4.69, 9.17) is 14.2 Å². The van der Waals surface area contributed by atoms with Gasteiger partial charge in [-0.3, -0.25) is 10.1 Å². The zero-order chi connectivity index (χ0) is 19.3. The molecule has 2 aromatic carbocycles. The average molecular weight is 359 g/mol. The molecule has 0 aliphatic carbocycles. The molecule has 0 fully saturated rings. The van der Waals surface area contributed by atoms with Crippen molar-refractivity contribution in [3.05, 3.63) is 58.1 Å². The topological polar surface area (TPSA) is 87.9 Å². The van der Waals surface area contributed by atoms with E-state index in [0.29, 0.717) is 11.5 Å². The van der Waals surface area contributed by atoms with Crippen molar-refractivity contribution < 1.29 is 23.9 Å². The quantitative estimate of drug-likeness (QED) is 0.336. The first-order valence-corrected chi connectivity index (χ1v) is 7.97. The maximum Gasteiger partial charge on any atom is 0.349 e. The van der Waals surface area contributed by atoms with Gasteiger partial charge in [0.1, 0.15) is 11.5 Å². The molecule has 0 radical (unpaired) electrons. The number of hydrogen-bond acceptors (Lipinski definition) is 6. The van der Waals surface area contributed by atoms with Crippen molar-refractivity contribution in [3.63, 3.8) is 0 Å². The summed E-state index contributed by atoms with van der Waals surface area (Å²) in [6, 6.07) is 11.4. The number of esters is 1. The van der Waals surface area contributed by atoms with Crippen molar-refractivity contribution in [1.29, 1.82) is 0 Å². The monoisotopic (exact) mass is 359 g/mol. The van der Waals surface area contributed by atoms with Crippen LogP contribution in [0.1, 0.15) is 26.3 Å². The van der Waals surface area contributed by atoms with Crippen molar-refractivity contribution in [2.24, 2.45) is 0 Å². The van der Waals surface area contributed by atoms with E-state index >= 15 is 0 Å². The van der Waals surface area contributed by atoms with Gasteiger partial charge in [0.05, 0.1) is 18.1 Å². The maximum atomic E-state index is 12.0. The van der Waals surface area contributed by atoms with Gasteiger partial charge in [-0.25, -0.2) is 4.79 Å². The van der Waals surface area contributed by atoms with Crippen LogP contribution in [0.5, 0.6) is 17.2 Å². The van der Waals surface area contributed by atoms with Gasteiger partial charge in [0, 0.05) is 0 Å². The van der Waals surface area contributed by atoms with Gasteiger partial charge in [-0.15, -0.1) is 0 Å². The predicted molar refractivity (Wildman–Crippen MR) is 95.9 cm³/mol. The van der Waals surface area contributed by atoms with Crippen LogP contribution in [0.2, 0.25) is 0 Å². The SMILES string of the molecule is COc1ccc(OC(=O)COc2cccc(C(C)(C)C)c2)c([N+](=O)[O-])c1. The molecule has 0 aliphatic heterocycles. The number of hydrogen-bond donors (Lipinski definition) is 0. The fraction of sp³-hybridized carbons (Fsp3) is 0.316. The van der Waals surface area contributed by atoms with Crippen LogP contribution in [0.3, 0.4) is 0 Å². The first-order valence-electron chi connectivity index (χ1n) is 7.97. The number of ether oxygens (including phenoxy) is 3. The smallest absolute Gasteiger partial charge is 0.349 e. The van der Waals surface area contributed by atoms with E-state index in [1.54, 1.807) is 6.07 Å². The summed E-state index contributed by atoms with van der Waals surface area (Å²) in [4.78, 5) is 22.5. The van der Waals surface area contributed by atoms with Gasteiger partial charge in [-0.05, 0) is 35.2 Å². The highest BCUT2D eigenvalue weighted by Crippen LogP contribution is 2.31. The standard InChI is InChI=1S/C19H21NO6/c1-19(2,3)13-6-5-7-15(10-13)25-12-18(21)26-17-9-8-14(24-4)11-16(17)20(22)23/h5-11H,12H2,1-4H3. The Morgan fingerprint density at radius 3 is 2.46 bits per heavy atom. The molecule has 0 aromatic heterocycles. The van der Waals surface area contributed by atoms with Crippen LogP contribution in [0.15, 0.2) is 42.5 Å². The summed E-state index contributed by atoms with van der Waals surface area (Å²) in [5, 5.41) is 11.1. The summed E-state index contributed by atoms with van der Waals surface area (Å²) >= 11 is 0. The third-order valence-electron chi connectivity index (χ3n) is 3.64. The normalized spacial score (nSPS) is 10.9. The van der Waals surface area contributed by atoms with E-state index in [0.717, 1.165) is 5.56 Å². The molecule has 2 rings (SSSR count). The Kier molecular flexibility index (Phi) is 5.82. The van der Waals surface area contributed by atoms with Crippen LogP contribution in [-0.4, -0.2) is 24.6 Å². The van der Waals surface area contributed by atoms with E-state index in [-0.39, 0.29) is 23.5 Å². The molecule has 0 heterocycles. The molecule has 0 aliphatic rings. The average Bonchev–Trinajstić information content (AvgIpc) is 2.59. The predicted octanol–water partition coefficient (Wildman–Crippen LogP) is 3.89. The number of carbonyl (C=O) groups excluding carboxylic acids is 1. The Balaban J connectivity index is 2.05. The highest BCUT2D eigenvalue weighted by molar-refractivity contribution is 5.75. The summed E-state index contributed by atoms with van der Waals surface area (Å²) in [5.74, 6) is -0.0716. The van der Waals surface area contributed by atoms with E-state index in [2.05, 4.69) is 20.8 Å². The largest absolute Gasteiger partial charge is 0.496 e. The Morgan fingerprint density at radius 1 is 1.12 bits per heavy atom. The molecule has 0 unspecified atom stereocenters. The van der Waals surface area contributed by atoms with Gasteiger partial charge in [-0.1, -0.05) is 32.9 Å². The van der Waals surface area contributed by atoms with Crippen molar-refractivity contribution in [1.82, 2.24) is 0 Å². The lowest BCUT2D eigenvalue weighted by atomic mass is 9.87. The first-order chi connectivity index (χ1) is 12.2. The van der Waals surface area contributed by atoms with Gasteiger partial charge in [0.15, 0.2) is 6.61 Å². The molecule has 7 heteroatoms. The van der Waals surface area contributed by atoms with Crippen molar-refractivity contribution in [2.75, 3.05) is 13.7 Å². The molecule has 0 saturated heterocycles. The number of carbonyl (C=O) groups is 1. The number of nitro benzene ring substituents is 1. The third-order valence-corrected chi connectivity index (χ3v) is 3.64. The lowest BCUT2D eigenvalue weighted by Gasteiger charge is -2.19. The molecular weight excluding hydrogens is 338 g/mol. The van der Waals surface area contributed by atoms with Crippen LogP contribution in [0.25, 0.3) is 0 Å². The Bertz CT molecular complexity index is 810. The summed E-state index contributed by atoms with van der Waals surface area (Å²) in [6.45, 7) is 5.85. The van der Waals surface area contributed by atoms with E-state index in [1.807, 2.05) is 18.2 Å². The Morgan fingerprint density at radius 2 is 1.85 bits per heavy atom. The highest BCUT2D eigenvalue weighted by Gasteiger charge is 2.20. The molecule has 0 saturated carbocycles. The zero-order valence-electron chi connectivity index (χ0n) is 15.1. The molecule has 0 N–H and O–H groups in total. The van der Waals surface area contributed by atoms with Crippen LogP contribution in [0, 0.1) is 10.1 Å². The molecule has 0 atom stereocenters. The minimum absolute atomic E-state index is 0.0520. The Labute approximate surface area is 151 Å². The van der Waals surface area contributed by atoms with Gasteiger partial charge < -0.3 is 14.2 Å². The molecule has 7 nitrogen and oxygen atoms in total. The lowest BCUT2D eigenvalue weighted by Crippen LogP contribution is -2.18. The van der Waals surface area contributed by atoms with Crippen LogP contribution < -0.4 is 14.2 Å². The molecule has 2 aromatic rings. The van der Waals surface area contributed by atoms with Gasteiger partial charge in [0.2, 0.25) is 5.75 Å². The molecule has 0 spiro atoms. The van der Waals surface area contributed by atoms with Crippen molar-refractivity contribution in [3.8, 4) is 17.2 Å². The zero-order valence-corrected chi connectivity index (χ0v) is 15.1. The molecular formula is C19H21NO6. The van der Waals surface area contributed by atoms with Gasteiger partial charge in [0.25, 0.3) is 0 Å². The molecule has 26 heavy (non-hydrogen) atoms. The minimum atomic E-state index is -0.737. The van der Waals surface area contributed by atoms with Crippen LogP contribution in [0.4, 0.5) is 5.69 Å². The maximum absolute atomic E-state index is 12.0. The molecule has 0 bridgehead atoms. The van der Waals surface area contributed by atoms with E-state index in [1.165, 1.54) is 25.3 Å². The summed E-state index contributed by atoms with van der Waals surface area (Å²) in [5.41, 5.74) is 0.658. The number of nitrogens with zero attached hydrogens (tertiary/aromatic N) is 1. The van der Waals surface area contributed by atoms with Crippen LogP contribution in [-0.2, 0) is 10.2 Å². The van der Waals surface area contributed by atoms with Crippen molar-refractivity contribution in [2.45, 2.75) is 26.2 Å². The van der Waals surface area contributed by atoms with Gasteiger partial charge >= 0.3 is 11.7 Å². The highest BCUT2D eigenvalue weighted by atomic mass is 16.6. The third kappa shape index (κ3) is 4.95. The second-order valence-corrected chi connectivity index (χ2v) is 6.63. The molecule has 0 amide bonds. The fourth-order valence-electron chi connectivity index (χ4n) is 2.20. The number of rotatable bonds is 6. The van der Waals surface area contributed by atoms with Gasteiger partial charge in [-0.2, -0.15) is 0 Å². The van der Waals surface area contributed by atoms with Crippen LogP contribution >= 0.6 is 0 Å². The first kappa shape index (κ1) is 19.2. The number of methoxy groups -OCH3 is 1. The van der Waals surface area contributed by atoms with E-state index < -0.39 is 10.9 Å². The summed E-state index contributed by atoms with van der Waals surface area (Å²) < 4.78 is 15.5. The lowest BCUT2D eigenvalue weighted by molar-refractivity contribution is -0.385.